The molecule has 0 spiro atoms. The van der Waals surface area contributed by atoms with Crippen LogP contribution in [0.4, 0.5) is 0 Å². The summed E-state index contributed by atoms with van der Waals surface area (Å²) >= 11 is 5.74. The van der Waals surface area contributed by atoms with Gasteiger partial charge in [0.05, 0.1) is 6.61 Å². The van der Waals surface area contributed by atoms with Crippen LogP contribution in [0.3, 0.4) is 0 Å². The molecular formula is C13H15ClN2O4. The molecule has 1 aliphatic heterocycles. The first-order valence-electron chi connectivity index (χ1n) is 6.17. The van der Waals surface area contributed by atoms with Crippen LogP contribution in [0.5, 0.6) is 0 Å². The summed E-state index contributed by atoms with van der Waals surface area (Å²) in [6.45, 7) is 0.548. The second-order valence-electron chi connectivity index (χ2n) is 4.35. The molecule has 1 aromatic rings. The number of benzene rings is 1. The van der Waals surface area contributed by atoms with Crippen molar-refractivity contribution in [2.45, 2.75) is 6.23 Å². The number of ether oxygens (including phenoxy) is 1. The molecule has 1 aliphatic rings. The molecule has 0 aromatic heterocycles. The molecule has 0 radical (unpaired) electrons. The summed E-state index contributed by atoms with van der Waals surface area (Å²) in [4.78, 5) is 24.6. The van der Waals surface area contributed by atoms with Crippen molar-refractivity contribution in [3.8, 4) is 0 Å². The van der Waals surface area contributed by atoms with E-state index in [1.54, 1.807) is 24.3 Å². The predicted octanol–water partition coefficient (Wildman–Crippen LogP) is 0.247. The number of rotatable bonds is 4. The van der Waals surface area contributed by atoms with E-state index < -0.39 is 6.23 Å². The Morgan fingerprint density at radius 2 is 2.15 bits per heavy atom. The molecule has 0 bridgehead atoms. The van der Waals surface area contributed by atoms with Crippen molar-refractivity contribution < 1.29 is 19.4 Å². The SMILES string of the molecule is O=C(NCCN1C(=O)COCC1O)c1ccc(Cl)cc1. The Bertz CT molecular complexity index is 492. The Labute approximate surface area is 121 Å². The molecule has 1 fully saturated rings. The Balaban J connectivity index is 1.81. The summed E-state index contributed by atoms with van der Waals surface area (Å²) in [5.74, 6) is -0.540. The van der Waals surface area contributed by atoms with Gasteiger partial charge in [-0.15, -0.1) is 0 Å². The Morgan fingerprint density at radius 3 is 2.80 bits per heavy atom. The van der Waals surface area contributed by atoms with Crippen molar-refractivity contribution in [1.29, 1.82) is 0 Å². The summed E-state index contributed by atoms with van der Waals surface area (Å²) in [5, 5.41) is 12.8. The summed E-state index contributed by atoms with van der Waals surface area (Å²) in [6, 6.07) is 6.50. The van der Waals surface area contributed by atoms with E-state index in [0.717, 1.165) is 0 Å². The molecule has 1 saturated heterocycles. The highest BCUT2D eigenvalue weighted by Crippen LogP contribution is 2.09. The van der Waals surface area contributed by atoms with Crippen LogP contribution in [-0.4, -0.2) is 54.4 Å². The van der Waals surface area contributed by atoms with Crippen LogP contribution in [0.2, 0.25) is 5.02 Å². The van der Waals surface area contributed by atoms with Crippen molar-refractivity contribution in [3.05, 3.63) is 34.9 Å². The number of nitrogens with one attached hydrogen (secondary N) is 1. The van der Waals surface area contributed by atoms with E-state index in [-0.39, 0.29) is 38.1 Å². The molecular weight excluding hydrogens is 284 g/mol. The number of hydrogen-bond donors (Lipinski definition) is 2. The van der Waals surface area contributed by atoms with Crippen molar-refractivity contribution in [2.24, 2.45) is 0 Å². The molecule has 2 amide bonds. The fourth-order valence-corrected chi connectivity index (χ4v) is 1.98. The van der Waals surface area contributed by atoms with Crippen LogP contribution in [0.15, 0.2) is 24.3 Å². The lowest BCUT2D eigenvalue weighted by atomic mass is 10.2. The highest BCUT2D eigenvalue weighted by molar-refractivity contribution is 6.30. The van der Waals surface area contributed by atoms with Gasteiger partial charge in [0.25, 0.3) is 11.8 Å². The number of aliphatic hydroxyl groups is 1. The largest absolute Gasteiger partial charge is 0.371 e. The number of carbonyl (C=O) groups excluding carboxylic acids is 2. The lowest BCUT2D eigenvalue weighted by molar-refractivity contribution is -0.164. The zero-order valence-electron chi connectivity index (χ0n) is 10.7. The third kappa shape index (κ3) is 3.69. The van der Waals surface area contributed by atoms with Crippen molar-refractivity contribution in [3.63, 3.8) is 0 Å². The number of halogens is 1. The lowest BCUT2D eigenvalue weighted by Crippen LogP contribution is -2.51. The maximum absolute atomic E-state index is 11.8. The number of aliphatic hydroxyl groups excluding tert-OH is 1. The average Bonchev–Trinajstić information content (AvgIpc) is 2.42. The Hall–Kier alpha value is -1.63. The third-order valence-corrected chi connectivity index (χ3v) is 3.17. The van der Waals surface area contributed by atoms with Crippen LogP contribution in [0, 0.1) is 0 Å². The fourth-order valence-electron chi connectivity index (χ4n) is 1.86. The number of carbonyl (C=O) groups is 2. The van der Waals surface area contributed by atoms with Gasteiger partial charge in [-0.05, 0) is 24.3 Å². The minimum Gasteiger partial charge on any atom is -0.371 e. The molecule has 0 aliphatic carbocycles. The molecule has 1 unspecified atom stereocenters. The molecule has 20 heavy (non-hydrogen) atoms. The van der Waals surface area contributed by atoms with Crippen LogP contribution >= 0.6 is 11.6 Å². The zero-order chi connectivity index (χ0) is 14.5. The maximum atomic E-state index is 11.8. The Kier molecular flexibility index (Phi) is 4.94. The second-order valence-corrected chi connectivity index (χ2v) is 4.78. The summed E-state index contributed by atoms with van der Waals surface area (Å²) in [5.41, 5.74) is 0.489. The van der Waals surface area contributed by atoms with Gasteiger partial charge in [0.1, 0.15) is 6.61 Å². The van der Waals surface area contributed by atoms with Gasteiger partial charge in [-0.1, -0.05) is 11.6 Å². The van der Waals surface area contributed by atoms with Gasteiger partial charge in [-0.25, -0.2) is 0 Å². The second kappa shape index (κ2) is 6.69. The molecule has 7 heteroatoms. The van der Waals surface area contributed by atoms with Crippen LogP contribution in [0.25, 0.3) is 0 Å². The first kappa shape index (κ1) is 14.8. The van der Waals surface area contributed by atoms with Crippen molar-refractivity contribution >= 4 is 23.4 Å². The fraction of sp³-hybridized carbons (Fsp3) is 0.385. The van der Waals surface area contributed by atoms with Gasteiger partial charge in [-0.2, -0.15) is 0 Å². The smallest absolute Gasteiger partial charge is 0.251 e. The number of hydrogen-bond acceptors (Lipinski definition) is 4. The summed E-state index contributed by atoms with van der Waals surface area (Å²) < 4.78 is 4.89. The maximum Gasteiger partial charge on any atom is 0.251 e. The van der Waals surface area contributed by atoms with E-state index in [2.05, 4.69) is 5.32 Å². The monoisotopic (exact) mass is 298 g/mol. The minimum absolute atomic E-state index is 0.0395. The van der Waals surface area contributed by atoms with E-state index >= 15 is 0 Å². The van der Waals surface area contributed by atoms with Gasteiger partial charge in [0, 0.05) is 23.7 Å². The first-order chi connectivity index (χ1) is 9.58. The topological polar surface area (TPSA) is 78.9 Å². The van der Waals surface area contributed by atoms with Crippen LogP contribution in [-0.2, 0) is 9.53 Å². The van der Waals surface area contributed by atoms with Crippen molar-refractivity contribution in [1.82, 2.24) is 10.2 Å². The normalized spacial score (nSPS) is 19.0. The standard InChI is InChI=1S/C13H15ClN2O4/c14-10-3-1-9(2-4-10)13(19)15-5-6-16-11(17)7-20-8-12(16)18/h1-4,11,17H,5-8H2,(H,15,19). The zero-order valence-corrected chi connectivity index (χ0v) is 11.5. The van der Waals surface area contributed by atoms with Crippen LogP contribution < -0.4 is 5.32 Å². The highest BCUT2D eigenvalue weighted by Gasteiger charge is 2.26. The highest BCUT2D eigenvalue weighted by atomic mass is 35.5. The van der Waals surface area contributed by atoms with Gasteiger partial charge < -0.3 is 20.1 Å². The third-order valence-electron chi connectivity index (χ3n) is 2.92. The molecule has 1 atom stereocenters. The molecule has 6 nitrogen and oxygen atoms in total. The van der Waals surface area contributed by atoms with E-state index in [4.69, 9.17) is 16.3 Å². The molecule has 108 valence electrons. The van der Waals surface area contributed by atoms with E-state index in [9.17, 15) is 14.7 Å². The molecule has 2 rings (SSSR count). The average molecular weight is 299 g/mol. The molecule has 1 aromatic carbocycles. The first-order valence-corrected chi connectivity index (χ1v) is 6.55. The van der Waals surface area contributed by atoms with Gasteiger partial charge in [0.2, 0.25) is 0 Å². The van der Waals surface area contributed by atoms with Gasteiger partial charge >= 0.3 is 0 Å². The Morgan fingerprint density at radius 1 is 1.45 bits per heavy atom. The number of morpholine rings is 1. The quantitative estimate of drug-likeness (QED) is 0.835. The van der Waals surface area contributed by atoms with Crippen molar-refractivity contribution in [2.75, 3.05) is 26.3 Å². The van der Waals surface area contributed by atoms with E-state index in [1.165, 1.54) is 4.90 Å². The summed E-state index contributed by atoms with van der Waals surface area (Å²) in [7, 11) is 0. The predicted molar refractivity (Wildman–Crippen MR) is 72.3 cm³/mol. The van der Waals surface area contributed by atoms with Gasteiger partial charge in [-0.3, -0.25) is 9.59 Å². The van der Waals surface area contributed by atoms with Crippen LogP contribution in [0.1, 0.15) is 10.4 Å². The molecule has 2 N–H and O–H groups in total. The number of amides is 2. The summed E-state index contributed by atoms with van der Waals surface area (Å²) in [6.07, 6.45) is -0.955. The minimum atomic E-state index is -0.955. The lowest BCUT2D eigenvalue weighted by Gasteiger charge is -2.31. The van der Waals surface area contributed by atoms with E-state index in [0.29, 0.717) is 10.6 Å². The molecule has 0 saturated carbocycles. The molecule has 1 heterocycles. The number of nitrogens with zero attached hydrogens (tertiary/aromatic N) is 1. The van der Waals surface area contributed by atoms with E-state index in [1.807, 2.05) is 0 Å². The van der Waals surface area contributed by atoms with Gasteiger partial charge in [0.15, 0.2) is 6.23 Å².